The van der Waals surface area contributed by atoms with Crippen molar-refractivity contribution in [1.82, 2.24) is 15.0 Å². The van der Waals surface area contributed by atoms with Crippen molar-refractivity contribution in [1.29, 1.82) is 5.26 Å². The molecule has 0 N–H and O–H groups in total. The van der Waals surface area contributed by atoms with Gasteiger partial charge in [-0.2, -0.15) is 10.2 Å². The van der Waals surface area contributed by atoms with Gasteiger partial charge in [-0.1, -0.05) is 22.9 Å². The van der Waals surface area contributed by atoms with Crippen molar-refractivity contribution >= 4 is 11.9 Å². The summed E-state index contributed by atoms with van der Waals surface area (Å²) in [5.74, 6) is 1.99. The topological polar surface area (TPSA) is 92.2 Å². The van der Waals surface area contributed by atoms with Gasteiger partial charge in [-0.25, -0.2) is 0 Å². The van der Waals surface area contributed by atoms with Crippen LogP contribution in [0.1, 0.15) is 44.5 Å². The van der Waals surface area contributed by atoms with E-state index in [0.29, 0.717) is 41.1 Å². The van der Waals surface area contributed by atoms with Gasteiger partial charge >= 0.3 is 0 Å². The average Bonchev–Trinajstić information content (AvgIpc) is 3.17. The Morgan fingerprint density at radius 2 is 2.26 bits per heavy atom. The Labute approximate surface area is 182 Å². The van der Waals surface area contributed by atoms with Crippen molar-refractivity contribution < 1.29 is 14.1 Å². The van der Waals surface area contributed by atoms with Gasteiger partial charge in [0.25, 0.3) is 5.89 Å². The number of carbonyl (C=O) groups is 1. The van der Waals surface area contributed by atoms with Gasteiger partial charge in [-0.05, 0) is 63.8 Å². The smallest absolute Gasteiger partial charge is 0.258 e. The number of likely N-dealkylation sites (tertiary alicyclic amines) is 1. The van der Waals surface area contributed by atoms with Crippen LogP contribution in [0.4, 0.5) is 0 Å². The van der Waals surface area contributed by atoms with E-state index in [1.807, 2.05) is 19.9 Å². The minimum atomic E-state index is -0.0161. The number of benzene rings is 1. The fourth-order valence-electron chi connectivity index (χ4n) is 4.12. The van der Waals surface area contributed by atoms with Crippen LogP contribution in [0.5, 0.6) is 5.75 Å². The molecule has 1 atom stereocenters. The molecule has 0 radical (unpaired) electrons. The second kappa shape index (κ2) is 9.27. The van der Waals surface area contributed by atoms with Crippen LogP contribution in [-0.2, 0) is 4.79 Å². The van der Waals surface area contributed by atoms with Gasteiger partial charge in [0.2, 0.25) is 5.82 Å². The first-order valence-corrected chi connectivity index (χ1v) is 10.7. The average molecular weight is 418 g/mol. The number of hydrogen-bond donors (Lipinski definition) is 0. The lowest BCUT2D eigenvalue weighted by Crippen LogP contribution is -2.26. The third-order valence-electron chi connectivity index (χ3n) is 5.72. The van der Waals surface area contributed by atoms with Crippen LogP contribution in [0.2, 0.25) is 0 Å². The molecule has 0 saturated carbocycles. The normalized spacial score (nSPS) is 19.1. The van der Waals surface area contributed by atoms with E-state index in [2.05, 4.69) is 33.3 Å². The Kier molecular flexibility index (Phi) is 6.28. The first-order valence-electron chi connectivity index (χ1n) is 10.7. The molecular weight excluding hydrogens is 392 g/mol. The highest BCUT2D eigenvalue weighted by molar-refractivity contribution is 5.73. The number of rotatable bonds is 6. The molecule has 7 heteroatoms. The molecule has 160 valence electrons. The summed E-state index contributed by atoms with van der Waals surface area (Å²) < 4.78 is 11.2. The monoisotopic (exact) mass is 418 g/mol. The van der Waals surface area contributed by atoms with E-state index >= 15 is 0 Å². The molecule has 1 aliphatic heterocycles. The zero-order chi connectivity index (χ0) is 21.8. The summed E-state index contributed by atoms with van der Waals surface area (Å²) >= 11 is 0. The van der Waals surface area contributed by atoms with Crippen molar-refractivity contribution in [2.75, 3.05) is 19.6 Å². The maximum atomic E-state index is 10.8. The maximum Gasteiger partial charge on any atom is 0.258 e. The van der Waals surface area contributed by atoms with Crippen LogP contribution in [0.3, 0.4) is 0 Å². The largest absolute Gasteiger partial charge is 0.490 e. The second-order valence-corrected chi connectivity index (χ2v) is 8.23. The number of carbonyl (C=O) groups excluding carboxylic acids is 1. The molecule has 1 aromatic carbocycles. The van der Waals surface area contributed by atoms with Crippen molar-refractivity contribution in [3.63, 3.8) is 0 Å². The SMILES string of the molecule is CC(C)Oc1ccc(-c2nc(C3=CCC4CCN(CC=O)CCC4=C3)no2)cc1C#N. The van der Waals surface area contributed by atoms with Crippen LogP contribution < -0.4 is 4.74 Å². The highest BCUT2D eigenvalue weighted by Crippen LogP contribution is 2.35. The summed E-state index contributed by atoms with van der Waals surface area (Å²) in [6.45, 7) is 6.19. The molecule has 1 fully saturated rings. The number of fused-ring (bicyclic) bond motifs is 1. The van der Waals surface area contributed by atoms with E-state index in [-0.39, 0.29) is 6.10 Å². The van der Waals surface area contributed by atoms with Gasteiger partial charge in [-0.15, -0.1) is 0 Å². The van der Waals surface area contributed by atoms with Crippen molar-refractivity contribution in [2.24, 2.45) is 5.92 Å². The quantitative estimate of drug-likeness (QED) is 0.654. The Hall–Kier alpha value is -3.24. The molecular formula is C24H26N4O3. The fourth-order valence-corrected chi connectivity index (χ4v) is 4.12. The van der Waals surface area contributed by atoms with E-state index in [0.717, 1.165) is 44.2 Å². The van der Waals surface area contributed by atoms with E-state index in [9.17, 15) is 10.1 Å². The van der Waals surface area contributed by atoms with Gasteiger partial charge in [0.05, 0.1) is 18.2 Å². The lowest BCUT2D eigenvalue weighted by Gasteiger charge is -2.20. The summed E-state index contributed by atoms with van der Waals surface area (Å²) in [6, 6.07) is 7.47. The summed E-state index contributed by atoms with van der Waals surface area (Å²) in [5, 5.41) is 13.6. The van der Waals surface area contributed by atoms with Crippen LogP contribution in [0.15, 0.2) is 40.4 Å². The first-order chi connectivity index (χ1) is 15.1. The lowest BCUT2D eigenvalue weighted by atomic mass is 9.85. The molecule has 4 rings (SSSR count). The zero-order valence-electron chi connectivity index (χ0n) is 17.9. The molecule has 2 heterocycles. The van der Waals surface area contributed by atoms with Crippen LogP contribution in [0.25, 0.3) is 17.0 Å². The molecule has 0 spiro atoms. The number of aldehydes is 1. The molecule has 31 heavy (non-hydrogen) atoms. The van der Waals surface area contributed by atoms with Gasteiger partial charge < -0.3 is 14.1 Å². The van der Waals surface area contributed by atoms with E-state index in [4.69, 9.17) is 9.26 Å². The van der Waals surface area contributed by atoms with Gasteiger partial charge in [0.15, 0.2) is 0 Å². The first kappa shape index (κ1) is 21.0. The maximum absolute atomic E-state index is 10.8. The highest BCUT2D eigenvalue weighted by Gasteiger charge is 2.25. The molecule has 1 saturated heterocycles. The molecule has 2 aliphatic rings. The van der Waals surface area contributed by atoms with Crippen molar-refractivity contribution in [3.05, 3.63) is 47.3 Å². The minimum absolute atomic E-state index is 0.0161. The highest BCUT2D eigenvalue weighted by atomic mass is 16.5. The zero-order valence-corrected chi connectivity index (χ0v) is 17.9. The van der Waals surface area contributed by atoms with Crippen LogP contribution in [-0.4, -0.2) is 47.1 Å². The van der Waals surface area contributed by atoms with E-state index in [1.165, 1.54) is 5.57 Å². The van der Waals surface area contributed by atoms with Gasteiger partial charge in [0.1, 0.15) is 18.1 Å². The summed E-state index contributed by atoms with van der Waals surface area (Å²) in [7, 11) is 0. The number of nitrogens with zero attached hydrogens (tertiary/aromatic N) is 4. The van der Waals surface area contributed by atoms with Crippen molar-refractivity contribution in [3.8, 4) is 23.3 Å². The van der Waals surface area contributed by atoms with E-state index in [1.54, 1.807) is 12.1 Å². The van der Waals surface area contributed by atoms with Gasteiger partial charge in [0, 0.05) is 17.7 Å². The Bertz CT molecular complexity index is 1060. The standard InChI is InChI=1S/C24H26N4O3/c1-16(2)30-22-6-5-20(14-21(22)15-25)24-26-23(27-31-24)19-4-3-17-7-9-28(11-12-29)10-8-18(17)13-19/h4-6,12-14,16-17H,3,7-11H2,1-2H3. The number of allylic oxidation sites excluding steroid dienone is 3. The summed E-state index contributed by atoms with van der Waals surface area (Å²) in [4.78, 5) is 17.6. The van der Waals surface area contributed by atoms with Crippen LogP contribution in [0, 0.1) is 17.2 Å². The second-order valence-electron chi connectivity index (χ2n) is 8.23. The molecule has 1 unspecified atom stereocenters. The Balaban J connectivity index is 1.53. The molecule has 2 aromatic rings. The third-order valence-corrected chi connectivity index (χ3v) is 5.72. The predicted molar refractivity (Wildman–Crippen MR) is 116 cm³/mol. The fraction of sp³-hybridized carbons (Fsp3) is 0.417. The number of ether oxygens (including phenoxy) is 1. The van der Waals surface area contributed by atoms with Crippen LogP contribution >= 0.6 is 0 Å². The predicted octanol–water partition coefficient (Wildman–Crippen LogP) is 4.02. The molecule has 0 bridgehead atoms. The minimum Gasteiger partial charge on any atom is -0.490 e. The third kappa shape index (κ3) is 4.75. The number of hydrogen-bond acceptors (Lipinski definition) is 7. The van der Waals surface area contributed by atoms with Gasteiger partial charge in [-0.3, -0.25) is 4.90 Å². The Morgan fingerprint density at radius 1 is 1.39 bits per heavy atom. The molecule has 7 nitrogen and oxygen atoms in total. The summed E-state index contributed by atoms with van der Waals surface area (Å²) in [5.41, 5.74) is 3.48. The number of nitriles is 1. The molecule has 1 aliphatic carbocycles. The lowest BCUT2D eigenvalue weighted by molar-refractivity contribution is -0.108. The summed E-state index contributed by atoms with van der Waals surface area (Å²) in [6.07, 6.45) is 8.25. The van der Waals surface area contributed by atoms with E-state index < -0.39 is 0 Å². The molecule has 0 amide bonds. The Morgan fingerprint density at radius 3 is 3.03 bits per heavy atom. The van der Waals surface area contributed by atoms with Crippen molar-refractivity contribution in [2.45, 2.75) is 39.2 Å². The molecule has 1 aromatic heterocycles. The number of aromatic nitrogens is 2.